The van der Waals surface area contributed by atoms with Crippen LogP contribution in [0, 0.1) is 5.92 Å². The van der Waals surface area contributed by atoms with E-state index in [0.717, 1.165) is 12.0 Å². The van der Waals surface area contributed by atoms with Gasteiger partial charge in [-0.1, -0.05) is 50.6 Å². The molecule has 1 aromatic rings. The largest absolute Gasteiger partial charge is 0.481 e. The van der Waals surface area contributed by atoms with Gasteiger partial charge in [0, 0.05) is 6.54 Å². The van der Waals surface area contributed by atoms with Crippen molar-refractivity contribution in [2.75, 3.05) is 6.54 Å². The quantitative estimate of drug-likeness (QED) is 0.795. The predicted molar refractivity (Wildman–Crippen MR) is 68.9 cm³/mol. The van der Waals surface area contributed by atoms with E-state index in [4.69, 9.17) is 5.73 Å². The molecule has 2 unspecified atom stereocenters. The second-order valence-electron chi connectivity index (χ2n) is 4.67. The topological polar surface area (TPSA) is 63.3 Å². The monoisotopic (exact) mass is 235 g/mol. The van der Waals surface area contributed by atoms with Crippen LogP contribution in [0.3, 0.4) is 0 Å². The van der Waals surface area contributed by atoms with Crippen LogP contribution in [0.1, 0.15) is 32.3 Å². The van der Waals surface area contributed by atoms with Crippen LogP contribution in [0.4, 0.5) is 0 Å². The number of carboxylic acids is 1. The Bertz CT molecular complexity index is 364. The van der Waals surface area contributed by atoms with Crippen molar-refractivity contribution in [3.05, 3.63) is 35.9 Å². The second kappa shape index (κ2) is 5.82. The summed E-state index contributed by atoms with van der Waals surface area (Å²) < 4.78 is 0. The van der Waals surface area contributed by atoms with Crippen molar-refractivity contribution in [2.24, 2.45) is 11.7 Å². The van der Waals surface area contributed by atoms with Gasteiger partial charge in [-0.05, 0) is 17.9 Å². The van der Waals surface area contributed by atoms with Gasteiger partial charge in [0.1, 0.15) is 5.41 Å². The number of nitrogens with two attached hydrogens (primary N) is 1. The van der Waals surface area contributed by atoms with Gasteiger partial charge in [-0.15, -0.1) is 0 Å². The van der Waals surface area contributed by atoms with Gasteiger partial charge in [0.2, 0.25) is 0 Å². The van der Waals surface area contributed by atoms with Crippen molar-refractivity contribution < 1.29 is 9.90 Å². The first kappa shape index (κ1) is 13.7. The summed E-state index contributed by atoms with van der Waals surface area (Å²) in [6.45, 7) is 4.27. The summed E-state index contributed by atoms with van der Waals surface area (Å²) in [7, 11) is 0. The Hall–Kier alpha value is -1.35. The summed E-state index contributed by atoms with van der Waals surface area (Å²) in [5, 5.41) is 9.54. The molecule has 3 nitrogen and oxygen atoms in total. The summed E-state index contributed by atoms with van der Waals surface area (Å²) >= 11 is 0. The molecule has 17 heavy (non-hydrogen) atoms. The van der Waals surface area contributed by atoms with E-state index in [0.29, 0.717) is 12.3 Å². The number of carbonyl (C=O) groups is 1. The number of rotatable bonds is 6. The van der Waals surface area contributed by atoms with Crippen LogP contribution in [-0.4, -0.2) is 17.6 Å². The second-order valence-corrected chi connectivity index (χ2v) is 4.67. The first-order valence-electron chi connectivity index (χ1n) is 6.05. The van der Waals surface area contributed by atoms with Gasteiger partial charge >= 0.3 is 5.97 Å². The fraction of sp³-hybridized carbons (Fsp3) is 0.500. The number of aliphatic carboxylic acids is 1. The van der Waals surface area contributed by atoms with Crippen molar-refractivity contribution in [1.29, 1.82) is 0 Å². The molecular formula is C14H21NO2. The molecule has 1 aromatic carbocycles. The molecule has 94 valence electrons. The molecule has 0 radical (unpaired) electrons. The van der Waals surface area contributed by atoms with Crippen LogP contribution in [0.15, 0.2) is 30.3 Å². The minimum atomic E-state index is -0.948. The lowest BCUT2D eigenvalue weighted by molar-refractivity contribution is -0.144. The van der Waals surface area contributed by atoms with Crippen molar-refractivity contribution in [3.8, 4) is 0 Å². The average molecular weight is 235 g/mol. The third kappa shape index (κ3) is 2.86. The highest BCUT2D eigenvalue weighted by Crippen LogP contribution is 2.32. The number of hydrogen-bond donors (Lipinski definition) is 2. The molecule has 0 aliphatic rings. The fourth-order valence-electron chi connectivity index (χ4n) is 2.11. The lowest BCUT2D eigenvalue weighted by Gasteiger charge is -2.31. The van der Waals surface area contributed by atoms with Crippen molar-refractivity contribution >= 4 is 5.97 Å². The normalized spacial score (nSPS) is 16.2. The molecule has 0 fully saturated rings. The first-order valence-corrected chi connectivity index (χ1v) is 6.05. The van der Waals surface area contributed by atoms with E-state index in [2.05, 4.69) is 13.8 Å². The zero-order valence-corrected chi connectivity index (χ0v) is 10.5. The van der Waals surface area contributed by atoms with E-state index in [9.17, 15) is 9.90 Å². The molecule has 0 saturated carbocycles. The summed E-state index contributed by atoms with van der Waals surface area (Å²) in [6.07, 6.45) is 1.54. The zero-order valence-electron chi connectivity index (χ0n) is 10.5. The molecule has 3 N–H and O–H groups in total. The summed E-state index contributed by atoms with van der Waals surface area (Å²) in [5.41, 5.74) is 5.62. The van der Waals surface area contributed by atoms with E-state index in [-0.39, 0.29) is 6.54 Å². The van der Waals surface area contributed by atoms with E-state index in [1.807, 2.05) is 30.3 Å². The standard InChI is InChI=1S/C14H21NO2/c1-3-11(2)9-14(10-15,13(16)17)12-7-5-4-6-8-12/h4-8,11H,3,9-10,15H2,1-2H3,(H,16,17). The van der Waals surface area contributed by atoms with Crippen molar-refractivity contribution in [1.82, 2.24) is 0 Å². The molecule has 0 saturated heterocycles. The SMILES string of the molecule is CCC(C)CC(CN)(C(=O)O)c1ccccc1. The molecule has 2 atom stereocenters. The maximum absolute atomic E-state index is 11.6. The minimum absolute atomic E-state index is 0.136. The van der Waals surface area contributed by atoms with Crippen LogP contribution in [0.25, 0.3) is 0 Å². The maximum Gasteiger partial charge on any atom is 0.315 e. The summed E-state index contributed by atoms with van der Waals surface area (Å²) in [5.74, 6) is -0.485. The third-order valence-corrected chi connectivity index (χ3v) is 3.48. The van der Waals surface area contributed by atoms with Crippen LogP contribution >= 0.6 is 0 Å². The van der Waals surface area contributed by atoms with E-state index < -0.39 is 11.4 Å². The third-order valence-electron chi connectivity index (χ3n) is 3.48. The van der Waals surface area contributed by atoms with Crippen molar-refractivity contribution in [3.63, 3.8) is 0 Å². The van der Waals surface area contributed by atoms with Gasteiger partial charge in [0.05, 0.1) is 0 Å². The Kier molecular flexibility index (Phi) is 4.70. The Morgan fingerprint density at radius 1 is 1.41 bits per heavy atom. The molecule has 0 aliphatic heterocycles. The molecule has 0 bridgehead atoms. The first-order chi connectivity index (χ1) is 8.06. The molecule has 0 aliphatic carbocycles. The smallest absolute Gasteiger partial charge is 0.315 e. The highest BCUT2D eigenvalue weighted by atomic mass is 16.4. The zero-order chi connectivity index (χ0) is 12.9. The number of carboxylic acid groups (broad SMARTS) is 1. The highest BCUT2D eigenvalue weighted by molar-refractivity contribution is 5.81. The van der Waals surface area contributed by atoms with Gasteiger partial charge < -0.3 is 10.8 Å². The number of benzene rings is 1. The Morgan fingerprint density at radius 3 is 2.41 bits per heavy atom. The van der Waals surface area contributed by atoms with Gasteiger partial charge in [-0.3, -0.25) is 4.79 Å². The minimum Gasteiger partial charge on any atom is -0.481 e. The summed E-state index contributed by atoms with van der Waals surface area (Å²) in [4.78, 5) is 11.6. The van der Waals surface area contributed by atoms with Crippen LogP contribution < -0.4 is 5.73 Å². The lowest BCUT2D eigenvalue weighted by Crippen LogP contribution is -2.44. The Morgan fingerprint density at radius 2 is 2.00 bits per heavy atom. The van der Waals surface area contributed by atoms with Crippen LogP contribution in [0.2, 0.25) is 0 Å². The summed E-state index contributed by atoms with van der Waals surface area (Å²) in [6, 6.07) is 9.31. The van der Waals surface area contributed by atoms with Crippen molar-refractivity contribution in [2.45, 2.75) is 32.1 Å². The Labute approximate surface area is 103 Å². The molecule has 0 heterocycles. The van der Waals surface area contributed by atoms with E-state index in [1.165, 1.54) is 0 Å². The van der Waals surface area contributed by atoms with Crippen LogP contribution in [-0.2, 0) is 10.2 Å². The number of hydrogen-bond acceptors (Lipinski definition) is 2. The van der Waals surface area contributed by atoms with E-state index in [1.54, 1.807) is 0 Å². The fourth-order valence-corrected chi connectivity index (χ4v) is 2.11. The Balaban J connectivity index is 3.14. The lowest BCUT2D eigenvalue weighted by atomic mass is 9.73. The predicted octanol–water partition coefficient (Wildman–Crippen LogP) is 2.40. The highest BCUT2D eigenvalue weighted by Gasteiger charge is 2.39. The molecule has 0 aromatic heterocycles. The van der Waals surface area contributed by atoms with Gasteiger partial charge in [-0.2, -0.15) is 0 Å². The van der Waals surface area contributed by atoms with Crippen LogP contribution in [0.5, 0.6) is 0 Å². The maximum atomic E-state index is 11.6. The average Bonchev–Trinajstić information content (AvgIpc) is 2.36. The molecular weight excluding hydrogens is 214 g/mol. The van der Waals surface area contributed by atoms with Gasteiger partial charge in [-0.25, -0.2) is 0 Å². The van der Waals surface area contributed by atoms with Gasteiger partial charge in [0.15, 0.2) is 0 Å². The molecule has 1 rings (SSSR count). The molecule has 0 amide bonds. The van der Waals surface area contributed by atoms with E-state index >= 15 is 0 Å². The van der Waals surface area contributed by atoms with Gasteiger partial charge in [0.25, 0.3) is 0 Å². The molecule has 0 spiro atoms. The molecule has 3 heteroatoms.